The zero-order valence-corrected chi connectivity index (χ0v) is 14.1. The molecule has 2 aromatic rings. The quantitative estimate of drug-likeness (QED) is 0.885. The summed E-state index contributed by atoms with van der Waals surface area (Å²) in [5, 5.41) is 2.73. The van der Waals surface area contributed by atoms with Crippen molar-refractivity contribution in [2.75, 3.05) is 5.75 Å². The number of carbonyl (C=O) groups is 1. The predicted octanol–water partition coefficient (Wildman–Crippen LogP) is 2.79. The van der Waals surface area contributed by atoms with Crippen molar-refractivity contribution in [2.45, 2.75) is 25.6 Å². The summed E-state index contributed by atoms with van der Waals surface area (Å²) in [4.78, 5) is 12.0. The van der Waals surface area contributed by atoms with E-state index in [0.717, 1.165) is 11.1 Å². The molecule has 0 aliphatic heterocycles. The molecule has 0 spiro atoms. The standard InChI is InChI=1S/C18H21NO3S/c1-14-8-10-16(11-9-14)12-23(21,22)13-18(20)19-15(2)17-6-4-3-5-7-17/h3-11,15H,12-13H2,1-2H3,(H,19,20). The summed E-state index contributed by atoms with van der Waals surface area (Å²) in [5.74, 6) is -1.10. The SMILES string of the molecule is Cc1ccc(CS(=O)(=O)CC(=O)NC(C)c2ccccc2)cc1. The Morgan fingerprint density at radius 3 is 2.26 bits per heavy atom. The van der Waals surface area contributed by atoms with Gasteiger partial charge in [0, 0.05) is 0 Å². The Morgan fingerprint density at radius 1 is 1.04 bits per heavy atom. The lowest BCUT2D eigenvalue weighted by Crippen LogP contribution is -2.32. The number of nitrogens with one attached hydrogen (secondary N) is 1. The first-order chi connectivity index (χ1) is 10.9. The Kier molecular flexibility index (Phi) is 5.55. The van der Waals surface area contributed by atoms with Gasteiger partial charge in [-0.05, 0) is 25.0 Å². The molecule has 0 bridgehead atoms. The molecule has 23 heavy (non-hydrogen) atoms. The average Bonchev–Trinajstić information content (AvgIpc) is 2.49. The number of aryl methyl sites for hydroxylation is 1. The van der Waals surface area contributed by atoms with E-state index in [-0.39, 0.29) is 11.8 Å². The minimum atomic E-state index is -3.49. The molecule has 122 valence electrons. The Hall–Kier alpha value is -2.14. The van der Waals surface area contributed by atoms with Crippen LogP contribution in [0.1, 0.15) is 29.7 Å². The van der Waals surface area contributed by atoms with E-state index in [1.165, 1.54) is 0 Å². The summed E-state index contributed by atoms with van der Waals surface area (Å²) in [6.07, 6.45) is 0. The van der Waals surface area contributed by atoms with E-state index >= 15 is 0 Å². The van der Waals surface area contributed by atoms with Crippen molar-refractivity contribution in [3.8, 4) is 0 Å². The van der Waals surface area contributed by atoms with Crippen LogP contribution in [-0.2, 0) is 20.4 Å². The molecule has 0 aliphatic rings. The van der Waals surface area contributed by atoms with Crippen LogP contribution in [0.25, 0.3) is 0 Å². The minimum Gasteiger partial charge on any atom is -0.349 e. The van der Waals surface area contributed by atoms with Crippen molar-refractivity contribution in [1.82, 2.24) is 5.32 Å². The van der Waals surface area contributed by atoms with Crippen LogP contribution in [0, 0.1) is 6.92 Å². The van der Waals surface area contributed by atoms with Gasteiger partial charge in [0.25, 0.3) is 0 Å². The molecule has 0 radical (unpaired) electrons. The minimum absolute atomic E-state index is 0.125. The van der Waals surface area contributed by atoms with Crippen LogP contribution in [0.2, 0.25) is 0 Å². The third-order valence-electron chi connectivity index (χ3n) is 3.54. The molecular formula is C18H21NO3S. The summed E-state index contributed by atoms with van der Waals surface area (Å²) < 4.78 is 24.3. The van der Waals surface area contributed by atoms with Gasteiger partial charge in [0.05, 0.1) is 11.8 Å². The van der Waals surface area contributed by atoms with Gasteiger partial charge < -0.3 is 5.32 Å². The molecule has 4 nitrogen and oxygen atoms in total. The van der Waals surface area contributed by atoms with Crippen LogP contribution in [0.4, 0.5) is 0 Å². The predicted molar refractivity (Wildman–Crippen MR) is 91.7 cm³/mol. The topological polar surface area (TPSA) is 63.2 Å². The van der Waals surface area contributed by atoms with Crippen LogP contribution >= 0.6 is 0 Å². The second-order valence-electron chi connectivity index (χ2n) is 5.72. The van der Waals surface area contributed by atoms with E-state index in [1.807, 2.05) is 56.3 Å². The molecule has 0 saturated carbocycles. The Labute approximate surface area is 137 Å². The van der Waals surface area contributed by atoms with Crippen molar-refractivity contribution in [1.29, 1.82) is 0 Å². The third-order valence-corrected chi connectivity index (χ3v) is 5.01. The van der Waals surface area contributed by atoms with E-state index in [4.69, 9.17) is 0 Å². The number of sulfone groups is 1. The maximum absolute atomic E-state index is 12.2. The molecule has 1 N–H and O–H groups in total. The maximum Gasteiger partial charge on any atom is 0.235 e. The molecule has 1 unspecified atom stereocenters. The summed E-state index contributed by atoms with van der Waals surface area (Å²) in [5.41, 5.74) is 2.71. The largest absolute Gasteiger partial charge is 0.349 e. The summed E-state index contributed by atoms with van der Waals surface area (Å²) in [6.45, 7) is 3.77. The van der Waals surface area contributed by atoms with E-state index in [9.17, 15) is 13.2 Å². The van der Waals surface area contributed by atoms with Crippen molar-refractivity contribution >= 4 is 15.7 Å². The molecule has 1 amide bonds. The van der Waals surface area contributed by atoms with Crippen LogP contribution < -0.4 is 5.32 Å². The highest BCUT2D eigenvalue weighted by molar-refractivity contribution is 7.91. The third kappa shape index (κ3) is 5.53. The maximum atomic E-state index is 12.2. The molecular weight excluding hydrogens is 310 g/mol. The highest BCUT2D eigenvalue weighted by Crippen LogP contribution is 2.12. The van der Waals surface area contributed by atoms with Crippen LogP contribution in [0.15, 0.2) is 54.6 Å². The monoisotopic (exact) mass is 331 g/mol. The van der Waals surface area contributed by atoms with Gasteiger partial charge in [-0.15, -0.1) is 0 Å². The fourth-order valence-corrected chi connectivity index (χ4v) is 3.58. The second kappa shape index (κ2) is 7.42. The van der Waals surface area contributed by atoms with Crippen molar-refractivity contribution in [2.24, 2.45) is 0 Å². The van der Waals surface area contributed by atoms with E-state index in [2.05, 4.69) is 5.32 Å². The number of benzene rings is 2. The lowest BCUT2D eigenvalue weighted by molar-refractivity contribution is -0.119. The first-order valence-electron chi connectivity index (χ1n) is 7.46. The fraction of sp³-hybridized carbons (Fsp3) is 0.278. The molecule has 0 aromatic heterocycles. The molecule has 0 aliphatic carbocycles. The fourth-order valence-electron chi connectivity index (χ4n) is 2.30. The van der Waals surface area contributed by atoms with Gasteiger partial charge in [-0.1, -0.05) is 60.2 Å². The lowest BCUT2D eigenvalue weighted by atomic mass is 10.1. The van der Waals surface area contributed by atoms with E-state index < -0.39 is 21.5 Å². The summed E-state index contributed by atoms with van der Waals surface area (Å²) >= 11 is 0. The highest BCUT2D eigenvalue weighted by Gasteiger charge is 2.19. The smallest absolute Gasteiger partial charge is 0.235 e. The number of rotatable bonds is 6. The number of hydrogen-bond acceptors (Lipinski definition) is 3. The molecule has 2 rings (SSSR count). The average molecular weight is 331 g/mol. The van der Waals surface area contributed by atoms with Gasteiger partial charge in [-0.3, -0.25) is 4.79 Å². The second-order valence-corrected chi connectivity index (χ2v) is 7.78. The zero-order valence-electron chi connectivity index (χ0n) is 13.3. The molecule has 5 heteroatoms. The van der Waals surface area contributed by atoms with Crippen LogP contribution in [-0.4, -0.2) is 20.1 Å². The molecule has 0 saturated heterocycles. The Bertz CT molecular complexity index is 753. The van der Waals surface area contributed by atoms with E-state index in [0.29, 0.717) is 5.56 Å². The molecule has 2 aromatic carbocycles. The Morgan fingerprint density at radius 2 is 1.65 bits per heavy atom. The van der Waals surface area contributed by atoms with Gasteiger partial charge in [0.2, 0.25) is 5.91 Å². The number of hydrogen-bond donors (Lipinski definition) is 1. The van der Waals surface area contributed by atoms with Crippen LogP contribution in [0.3, 0.4) is 0 Å². The lowest BCUT2D eigenvalue weighted by Gasteiger charge is -2.14. The zero-order chi connectivity index (χ0) is 16.9. The summed E-state index contributed by atoms with van der Waals surface area (Å²) in [6, 6.07) is 16.5. The first-order valence-corrected chi connectivity index (χ1v) is 9.28. The van der Waals surface area contributed by atoms with Gasteiger partial charge in [-0.2, -0.15) is 0 Å². The number of carbonyl (C=O) groups excluding carboxylic acids is 1. The normalized spacial score (nSPS) is 12.6. The Balaban J connectivity index is 1.94. The number of amides is 1. The van der Waals surface area contributed by atoms with Gasteiger partial charge in [0.1, 0.15) is 5.75 Å². The van der Waals surface area contributed by atoms with Crippen LogP contribution in [0.5, 0.6) is 0 Å². The van der Waals surface area contributed by atoms with Crippen molar-refractivity contribution < 1.29 is 13.2 Å². The highest BCUT2D eigenvalue weighted by atomic mass is 32.2. The van der Waals surface area contributed by atoms with E-state index in [1.54, 1.807) is 12.1 Å². The van der Waals surface area contributed by atoms with Crippen molar-refractivity contribution in [3.63, 3.8) is 0 Å². The summed E-state index contributed by atoms with van der Waals surface area (Å²) in [7, 11) is -3.49. The molecule has 0 fully saturated rings. The van der Waals surface area contributed by atoms with Crippen molar-refractivity contribution in [3.05, 3.63) is 71.3 Å². The van der Waals surface area contributed by atoms with Gasteiger partial charge >= 0.3 is 0 Å². The van der Waals surface area contributed by atoms with Gasteiger partial charge in [-0.25, -0.2) is 8.42 Å². The molecule has 0 heterocycles. The molecule has 1 atom stereocenters. The first kappa shape index (κ1) is 17.2. The van der Waals surface area contributed by atoms with Gasteiger partial charge in [0.15, 0.2) is 9.84 Å².